The van der Waals surface area contributed by atoms with Gasteiger partial charge in [-0.15, -0.1) is 0 Å². The molecule has 0 saturated heterocycles. The number of hydrogen-bond acceptors (Lipinski definition) is 2. The highest BCUT2D eigenvalue weighted by Crippen LogP contribution is 2.17. The molecule has 1 N–H and O–H groups in total. The molecule has 0 saturated carbocycles. The second-order valence-corrected chi connectivity index (χ2v) is 5.78. The average Bonchev–Trinajstić information content (AvgIpc) is 2.57. The van der Waals surface area contributed by atoms with E-state index in [9.17, 15) is 4.79 Å². The highest BCUT2D eigenvalue weighted by atomic mass is 16.5. The van der Waals surface area contributed by atoms with Gasteiger partial charge in [0.2, 0.25) is 0 Å². The Morgan fingerprint density at radius 2 is 1.92 bits per heavy atom. The first-order chi connectivity index (χ1) is 11.6. The number of hydrogen-bond donors (Lipinski definition) is 1. The molecule has 0 bridgehead atoms. The lowest BCUT2D eigenvalue weighted by Gasteiger charge is -2.22. The molecule has 2 rings (SSSR count). The van der Waals surface area contributed by atoms with E-state index in [0.717, 1.165) is 29.0 Å². The Morgan fingerprint density at radius 1 is 1.12 bits per heavy atom. The van der Waals surface area contributed by atoms with Gasteiger partial charge < -0.3 is 10.1 Å². The molecule has 2 aromatic rings. The van der Waals surface area contributed by atoms with Gasteiger partial charge in [-0.3, -0.25) is 4.90 Å². The van der Waals surface area contributed by atoms with Crippen molar-refractivity contribution in [3.63, 3.8) is 0 Å². The third kappa shape index (κ3) is 5.01. The standard InChI is InChI=1S/C20H26N2O2/c1-4-22(18-11-7-9-16(2)15-18)20(23)21-13-8-14-24-19-12-6-5-10-17(19)3/h5-7,9-12,15H,4,8,13-14H2,1-3H3,(H,21,23). The van der Waals surface area contributed by atoms with Crippen molar-refractivity contribution in [1.82, 2.24) is 5.32 Å². The Bertz CT molecular complexity index is 670. The number of nitrogens with zero attached hydrogens (tertiary/aromatic N) is 1. The van der Waals surface area contributed by atoms with Crippen molar-refractivity contribution in [3.8, 4) is 5.75 Å². The zero-order chi connectivity index (χ0) is 17.4. The maximum Gasteiger partial charge on any atom is 0.321 e. The summed E-state index contributed by atoms with van der Waals surface area (Å²) in [5, 5.41) is 2.96. The second kappa shape index (κ2) is 8.96. The van der Waals surface area contributed by atoms with E-state index in [0.29, 0.717) is 19.7 Å². The van der Waals surface area contributed by atoms with E-state index < -0.39 is 0 Å². The first-order valence-electron chi connectivity index (χ1n) is 8.42. The lowest BCUT2D eigenvalue weighted by atomic mass is 10.2. The molecule has 0 aliphatic rings. The summed E-state index contributed by atoms with van der Waals surface area (Å²) in [6.07, 6.45) is 0.769. The summed E-state index contributed by atoms with van der Waals surface area (Å²) in [6.45, 7) is 7.84. The van der Waals surface area contributed by atoms with Crippen LogP contribution in [0.25, 0.3) is 0 Å². The highest BCUT2D eigenvalue weighted by molar-refractivity contribution is 5.91. The fourth-order valence-corrected chi connectivity index (χ4v) is 2.50. The van der Waals surface area contributed by atoms with Crippen molar-refractivity contribution in [3.05, 3.63) is 59.7 Å². The molecular formula is C20H26N2O2. The molecule has 0 unspecified atom stereocenters. The lowest BCUT2D eigenvalue weighted by Crippen LogP contribution is -2.40. The number of amides is 2. The number of rotatable bonds is 7. The first kappa shape index (κ1) is 17.9. The number of nitrogens with one attached hydrogen (secondary N) is 1. The smallest absolute Gasteiger partial charge is 0.321 e. The predicted molar refractivity (Wildman–Crippen MR) is 98.9 cm³/mol. The van der Waals surface area contributed by atoms with Gasteiger partial charge in [0.25, 0.3) is 0 Å². The van der Waals surface area contributed by atoms with E-state index in [-0.39, 0.29) is 6.03 Å². The van der Waals surface area contributed by atoms with Gasteiger partial charge in [-0.1, -0.05) is 30.3 Å². The van der Waals surface area contributed by atoms with Gasteiger partial charge in [-0.05, 0) is 56.5 Å². The van der Waals surface area contributed by atoms with E-state index in [1.807, 2.05) is 69.3 Å². The Morgan fingerprint density at radius 3 is 2.62 bits per heavy atom. The van der Waals surface area contributed by atoms with Crippen LogP contribution in [0, 0.1) is 13.8 Å². The molecule has 2 amide bonds. The Kier molecular flexibility index (Phi) is 6.67. The molecule has 0 fully saturated rings. The van der Waals surface area contributed by atoms with Gasteiger partial charge in [-0.25, -0.2) is 4.79 Å². The molecule has 4 nitrogen and oxygen atoms in total. The molecular weight excluding hydrogens is 300 g/mol. The van der Waals surface area contributed by atoms with Crippen LogP contribution in [0.15, 0.2) is 48.5 Å². The molecule has 0 aromatic heterocycles. The van der Waals surface area contributed by atoms with Crippen LogP contribution in [0.4, 0.5) is 10.5 Å². The highest BCUT2D eigenvalue weighted by Gasteiger charge is 2.13. The number of para-hydroxylation sites is 1. The van der Waals surface area contributed by atoms with Gasteiger partial charge in [0.05, 0.1) is 6.61 Å². The first-order valence-corrected chi connectivity index (χ1v) is 8.42. The summed E-state index contributed by atoms with van der Waals surface area (Å²) in [5.41, 5.74) is 3.19. The average molecular weight is 326 g/mol. The zero-order valence-electron chi connectivity index (χ0n) is 14.7. The van der Waals surface area contributed by atoms with Gasteiger partial charge in [-0.2, -0.15) is 0 Å². The fourth-order valence-electron chi connectivity index (χ4n) is 2.50. The third-order valence-electron chi connectivity index (χ3n) is 3.82. The quantitative estimate of drug-likeness (QED) is 0.770. The van der Waals surface area contributed by atoms with Crippen LogP contribution in [0.2, 0.25) is 0 Å². The minimum absolute atomic E-state index is 0.0704. The van der Waals surface area contributed by atoms with E-state index in [2.05, 4.69) is 5.32 Å². The van der Waals surface area contributed by atoms with Crippen molar-refractivity contribution in [1.29, 1.82) is 0 Å². The van der Waals surface area contributed by atoms with E-state index in [1.54, 1.807) is 4.90 Å². The normalized spacial score (nSPS) is 10.3. The predicted octanol–water partition coefficient (Wildman–Crippen LogP) is 4.31. The van der Waals surface area contributed by atoms with Crippen LogP contribution in [-0.2, 0) is 0 Å². The minimum atomic E-state index is -0.0704. The second-order valence-electron chi connectivity index (χ2n) is 5.78. The monoisotopic (exact) mass is 326 g/mol. The number of ether oxygens (including phenoxy) is 1. The van der Waals surface area contributed by atoms with Crippen molar-refractivity contribution in [2.45, 2.75) is 27.2 Å². The maximum absolute atomic E-state index is 12.3. The number of carbonyl (C=O) groups excluding carboxylic acids is 1. The molecule has 0 atom stereocenters. The fraction of sp³-hybridized carbons (Fsp3) is 0.350. The van der Waals surface area contributed by atoms with E-state index in [1.165, 1.54) is 0 Å². The molecule has 128 valence electrons. The Hall–Kier alpha value is -2.49. The number of carbonyl (C=O) groups is 1. The van der Waals surface area contributed by atoms with Gasteiger partial charge in [0, 0.05) is 18.8 Å². The van der Waals surface area contributed by atoms with Crippen LogP contribution in [-0.4, -0.2) is 25.7 Å². The number of benzene rings is 2. The van der Waals surface area contributed by atoms with Gasteiger partial charge in [0.1, 0.15) is 5.75 Å². The van der Waals surface area contributed by atoms with Crippen LogP contribution in [0.5, 0.6) is 5.75 Å². The van der Waals surface area contributed by atoms with Gasteiger partial charge in [0.15, 0.2) is 0 Å². The molecule has 24 heavy (non-hydrogen) atoms. The molecule has 0 aliphatic heterocycles. The summed E-state index contributed by atoms with van der Waals surface area (Å²) < 4.78 is 5.74. The van der Waals surface area contributed by atoms with Crippen LogP contribution < -0.4 is 15.0 Å². The summed E-state index contributed by atoms with van der Waals surface area (Å²) in [5.74, 6) is 0.902. The Balaban J connectivity index is 1.77. The molecule has 0 aliphatic carbocycles. The largest absolute Gasteiger partial charge is 0.493 e. The van der Waals surface area contributed by atoms with Crippen molar-refractivity contribution in [2.24, 2.45) is 0 Å². The number of urea groups is 1. The SMILES string of the molecule is CCN(C(=O)NCCCOc1ccccc1C)c1cccc(C)c1. The summed E-state index contributed by atoms with van der Waals surface area (Å²) in [7, 11) is 0. The van der Waals surface area contributed by atoms with Crippen LogP contribution in [0.1, 0.15) is 24.5 Å². The Labute approximate surface area is 144 Å². The number of aryl methyl sites for hydroxylation is 2. The van der Waals surface area contributed by atoms with E-state index in [4.69, 9.17) is 4.74 Å². The maximum atomic E-state index is 12.3. The third-order valence-corrected chi connectivity index (χ3v) is 3.82. The lowest BCUT2D eigenvalue weighted by molar-refractivity contribution is 0.244. The van der Waals surface area contributed by atoms with Crippen molar-refractivity contribution < 1.29 is 9.53 Å². The zero-order valence-corrected chi connectivity index (χ0v) is 14.7. The molecule has 2 aromatic carbocycles. The number of anilines is 1. The van der Waals surface area contributed by atoms with Gasteiger partial charge >= 0.3 is 6.03 Å². The van der Waals surface area contributed by atoms with Crippen molar-refractivity contribution in [2.75, 3.05) is 24.6 Å². The molecule has 0 radical (unpaired) electrons. The minimum Gasteiger partial charge on any atom is -0.493 e. The molecule has 4 heteroatoms. The van der Waals surface area contributed by atoms with Crippen molar-refractivity contribution >= 4 is 11.7 Å². The summed E-state index contributed by atoms with van der Waals surface area (Å²) in [6, 6.07) is 15.8. The van der Waals surface area contributed by atoms with E-state index >= 15 is 0 Å². The summed E-state index contributed by atoms with van der Waals surface area (Å²) >= 11 is 0. The molecule has 0 heterocycles. The van der Waals surface area contributed by atoms with Crippen LogP contribution >= 0.6 is 0 Å². The summed E-state index contributed by atoms with van der Waals surface area (Å²) in [4.78, 5) is 14.1. The molecule has 0 spiro atoms. The van der Waals surface area contributed by atoms with Crippen LogP contribution in [0.3, 0.4) is 0 Å². The topological polar surface area (TPSA) is 41.6 Å².